The highest BCUT2D eigenvalue weighted by atomic mass is 16.5. The summed E-state index contributed by atoms with van der Waals surface area (Å²) in [6, 6.07) is 14.8. The van der Waals surface area contributed by atoms with Crippen LogP contribution < -0.4 is 0 Å². The van der Waals surface area contributed by atoms with Crippen molar-refractivity contribution >= 4 is 17.2 Å². The van der Waals surface area contributed by atoms with Crippen molar-refractivity contribution in [2.24, 2.45) is 0 Å². The van der Waals surface area contributed by atoms with Crippen LogP contribution in [0.1, 0.15) is 29.2 Å². The summed E-state index contributed by atoms with van der Waals surface area (Å²) in [5.74, 6) is 0.972. The Hall–Kier alpha value is -2.35. The predicted octanol–water partition coefficient (Wildman–Crippen LogP) is 4.75. The largest absolute Gasteiger partial charge is 0.435 e. The quantitative estimate of drug-likeness (QED) is 0.728. The van der Waals surface area contributed by atoms with Crippen LogP contribution in [0.3, 0.4) is 0 Å². The highest BCUT2D eigenvalue weighted by Crippen LogP contribution is 2.28. The number of rotatable bonds is 2. The van der Waals surface area contributed by atoms with Gasteiger partial charge >= 0.3 is 0 Å². The molecule has 1 heterocycles. The summed E-state index contributed by atoms with van der Waals surface area (Å²) in [6.07, 6.45) is 2.14. The van der Waals surface area contributed by atoms with Crippen LogP contribution in [0.2, 0.25) is 0 Å². The average Bonchev–Trinajstić information content (AvgIpc) is 2.47. The van der Waals surface area contributed by atoms with Gasteiger partial charge < -0.3 is 4.74 Å². The van der Waals surface area contributed by atoms with Gasteiger partial charge in [-0.05, 0) is 31.9 Å². The SMILES string of the molecule is CC1=[N+](c2ccccc2)COC(c2c(C)cc(C)cc2C)=C1. The van der Waals surface area contributed by atoms with E-state index in [1.165, 1.54) is 28.0 Å². The first-order valence-electron chi connectivity index (χ1n) is 7.65. The lowest BCUT2D eigenvalue weighted by Gasteiger charge is -2.19. The Balaban J connectivity index is 2.04. The highest BCUT2D eigenvalue weighted by molar-refractivity contribution is 5.96. The van der Waals surface area contributed by atoms with Gasteiger partial charge in [-0.15, -0.1) is 0 Å². The molecule has 0 aliphatic carbocycles. The van der Waals surface area contributed by atoms with Crippen LogP contribution in [0.15, 0.2) is 48.5 Å². The molecule has 2 heteroatoms. The summed E-state index contributed by atoms with van der Waals surface area (Å²) in [4.78, 5) is 0. The third-order valence-corrected chi connectivity index (χ3v) is 4.11. The lowest BCUT2D eigenvalue weighted by Crippen LogP contribution is -2.21. The maximum Gasteiger partial charge on any atom is 0.292 e. The van der Waals surface area contributed by atoms with E-state index in [9.17, 15) is 0 Å². The maximum atomic E-state index is 6.07. The van der Waals surface area contributed by atoms with E-state index in [1.807, 2.05) is 6.07 Å². The van der Waals surface area contributed by atoms with Crippen molar-refractivity contribution in [3.63, 3.8) is 0 Å². The van der Waals surface area contributed by atoms with E-state index in [1.54, 1.807) is 0 Å². The van der Waals surface area contributed by atoms with Gasteiger partial charge in [-0.2, -0.15) is 4.58 Å². The van der Waals surface area contributed by atoms with Gasteiger partial charge in [0.25, 0.3) is 6.73 Å². The fourth-order valence-corrected chi connectivity index (χ4v) is 3.14. The standard InChI is InChI=1S/C20H22NO/c1-14-10-15(2)20(16(3)11-14)19-12-17(4)21(13-22-19)18-8-6-5-7-9-18/h5-12H,13H2,1-4H3/q+1. The number of hydrogen-bond donors (Lipinski definition) is 0. The number of nitrogens with zero attached hydrogens (tertiary/aromatic N) is 1. The topological polar surface area (TPSA) is 12.2 Å². The minimum atomic E-state index is 0.550. The van der Waals surface area contributed by atoms with Crippen molar-refractivity contribution in [3.8, 4) is 0 Å². The van der Waals surface area contributed by atoms with E-state index in [4.69, 9.17) is 4.74 Å². The number of para-hydroxylation sites is 1. The molecular formula is C20H22NO+. The zero-order valence-electron chi connectivity index (χ0n) is 13.7. The third kappa shape index (κ3) is 2.69. The molecule has 1 aliphatic heterocycles. The molecule has 2 aromatic carbocycles. The van der Waals surface area contributed by atoms with Crippen molar-refractivity contribution < 1.29 is 9.31 Å². The molecular weight excluding hydrogens is 270 g/mol. The number of allylic oxidation sites excluding steroid dienone is 1. The lowest BCUT2D eigenvalue weighted by atomic mass is 9.97. The molecule has 2 nitrogen and oxygen atoms in total. The Morgan fingerprint density at radius 2 is 1.55 bits per heavy atom. The number of ether oxygens (including phenoxy) is 1. The molecule has 22 heavy (non-hydrogen) atoms. The van der Waals surface area contributed by atoms with Crippen LogP contribution in [0.5, 0.6) is 0 Å². The van der Waals surface area contributed by atoms with Crippen LogP contribution in [0, 0.1) is 20.8 Å². The van der Waals surface area contributed by atoms with Gasteiger partial charge in [-0.25, -0.2) is 0 Å². The Kier molecular flexibility index (Phi) is 3.84. The second kappa shape index (κ2) is 5.80. The Morgan fingerprint density at radius 3 is 2.14 bits per heavy atom. The fourth-order valence-electron chi connectivity index (χ4n) is 3.14. The molecule has 0 saturated heterocycles. The Labute approximate surface area is 132 Å². The Morgan fingerprint density at radius 1 is 0.909 bits per heavy atom. The zero-order chi connectivity index (χ0) is 15.7. The second-order valence-electron chi connectivity index (χ2n) is 5.96. The fraction of sp³-hybridized carbons (Fsp3) is 0.250. The summed E-state index contributed by atoms with van der Waals surface area (Å²) >= 11 is 0. The van der Waals surface area contributed by atoms with Gasteiger partial charge in [0.1, 0.15) is 5.76 Å². The van der Waals surface area contributed by atoms with E-state index in [0.717, 1.165) is 11.4 Å². The van der Waals surface area contributed by atoms with Crippen LogP contribution in [0.4, 0.5) is 5.69 Å². The normalized spacial score (nSPS) is 14.6. The van der Waals surface area contributed by atoms with Crippen LogP contribution in [-0.2, 0) is 4.74 Å². The minimum Gasteiger partial charge on any atom is -0.435 e. The first-order valence-corrected chi connectivity index (χ1v) is 7.65. The molecule has 0 radical (unpaired) electrons. The average molecular weight is 292 g/mol. The van der Waals surface area contributed by atoms with Crippen molar-refractivity contribution in [1.82, 2.24) is 0 Å². The van der Waals surface area contributed by atoms with Crippen molar-refractivity contribution in [2.45, 2.75) is 27.7 Å². The lowest BCUT2D eigenvalue weighted by molar-refractivity contribution is -0.484. The molecule has 0 saturated carbocycles. The number of aryl methyl sites for hydroxylation is 3. The van der Waals surface area contributed by atoms with Gasteiger partial charge in [-0.1, -0.05) is 35.9 Å². The molecule has 2 aromatic rings. The summed E-state index contributed by atoms with van der Waals surface area (Å²) in [7, 11) is 0. The van der Waals surface area contributed by atoms with Gasteiger partial charge in [0.05, 0.1) is 0 Å². The predicted molar refractivity (Wildman–Crippen MR) is 91.6 cm³/mol. The molecule has 0 atom stereocenters. The van der Waals surface area contributed by atoms with E-state index in [0.29, 0.717) is 6.73 Å². The molecule has 0 unspecified atom stereocenters. The Bertz CT molecular complexity index is 747. The van der Waals surface area contributed by atoms with E-state index in [-0.39, 0.29) is 0 Å². The molecule has 0 aromatic heterocycles. The molecule has 112 valence electrons. The number of hydrogen-bond acceptors (Lipinski definition) is 1. The molecule has 0 bridgehead atoms. The maximum absolute atomic E-state index is 6.07. The molecule has 0 spiro atoms. The first-order chi connectivity index (χ1) is 10.6. The second-order valence-corrected chi connectivity index (χ2v) is 5.96. The minimum absolute atomic E-state index is 0.550. The van der Waals surface area contributed by atoms with Crippen LogP contribution in [0.25, 0.3) is 5.76 Å². The van der Waals surface area contributed by atoms with Gasteiger partial charge in [0, 0.05) is 30.7 Å². The molecule has 0 fully saturated rings. The van der Waals surface area contributed by atoms with E-state index < -0.39 is 0 Å². The highest BCUT2D eigenvalue weighted by Gasteiger charge is 2.22. The van der Waals surface area contributed by atoms with Gasteiger partial charge in [0.2, 0.25) is 5.69 Å². The van der Waals surface area contributed by atoms with Crippen molar-refractivity contribution in [3.05, 3.63) is 70.8 Å². The number of benzene rings is 2. The third-order valence-electron chi connectivity index (χ3n) is 4.11. The smallest absolute Gasteiger partial charge is 0.292 e. The first kappa shape index (κ1) is 14.6. The zero-order valence-corrected chi connectivity index (χ0v) is 13.7. The van der Waals surface area contributed by atoms with E-state index >= 15 is 0 Å². The van der Waals surface area contributed by atoms with Gasteiger partial charge in [0.15, 0.2) is 5.71 Å². The van der Waals surface area contributed by atoms with Crippen LogP contribution >= 0.6 is 0 Å². The summed E-state index contributed by atoms with van der Waals surface area (Å²) in [5, 5.41) is 0. The van der Waals surface area contributed by atoms with Crippen LogP contribution in [-0.4, -0.2) is 17.0 Å². The monoisotopic (exact) mass is 292 g/mol. The summed E-state index contributed by atoms with van der Waals surface area (Å²) in [5.41, 5.74) is 7.41. The van der Waals surface area contributed by atoms with Gasteiger partial charge in [-0.3, -0.25) is 0 Å². The molecule has 0 N–H and O–H groups in total. The van der Waals surface area contributed by atoms with Crippen molar-refractivity contribution in [2.75, 3.05) is 6.73 Å². The molecule has 3 rings (SSSR count). The summed E-state index contributed by atoms with van der Waals surface area (Å²) < 4.78 is 8.25. The molecule has 0 amide bonds. The van der Waals surface area contributed by atoms with E-state index in [2.05, 4.69) is 74.7 Å². The summed E-state index contributed by atoms with van der Waals surface area (Å²) in [6.45, 7) is 9.12. The molecule has 1 aliphatic rings. The van der Waals surface area contributed by atoms with Crippen molar-refractivity contribution in [1.29, 1.82) is 0 Å².